The summed E-state index contributed by atoms with van der Waals surface area (Å²) < 4.78 is 16.6. The van der Waals surface area contributed by atoms with Gasteiger partial charge in [-0.1, -0.05) is 12.1 Å². The number of carbonyl (C=O) groups is 3. The number of anilines is 2. The van der Waals surface area contributed by atoms with Crippen LogP contribution >= 0.6 is 0 Å². The number of nitrogens with zero attached hydrogens (tertiary/aromatic N) is 2. The summed E-state index contributed by atoms with van der Waals surface area (Å²) in [6.07, 6.45) is 0.229. The average Bonchev–Trinajstić information content (AvgIpc) is 3.27. The first-order chi connectivity index (χ1) is 16.0. The third-order valence-corrected chi connectivity index (χ3v) is 5.94. The molecule has 2 aromatic carbocycles. The monoisotopic (exact) mass is 449 g/mol. The van der Waals surface area contributed by atoms with Gasteiger partial charge in [-0.05, 0) is 50.1 Å². The largest absolute Gasteiger partial charge is 0.482 e. The highest BCUT2D eigenvalue weighted by Gasteiger charge is 2.31. The number of fused-ring (bicyclic) bond motifs is 2. The Morgan fingerprint density at radius 1 is 1.18 bits per heavy atom. The fourth-order valence-corrected chi connectivity index (χ4v) is 4.10. The van der Waals surface area contributed by atoms with Crippen LogP contribution in [0.15, 0.2) is 46.9 Å². The number of Topliss-reactive ketones (excluding diaryl/α,β-unsaturated/α-hetero) is 1. The number of esters is 1. The minimum atomic E-state index is -0.939. The van der Waals surface area contributed by atoms with E-state index in [0.29, 0.717) is 48.9 Å². The van der Waals surface area contributed by atoms with Crippen LogP contribution in [0.1, 0.15) is 30.1 Å². The molecule has 1 amide bonds. The van der Waals surface area contributed by atoms with Crippen LogP contribution in [0.4, 0.5) is 11.7 Å². The van der Waals surface area contributed by atoms with Crippen molar-refractivity contribution in [2.75, 3.05) is 29.9 Å². The van der Waals surface area contributed by atoms with Crippen LogP contribution in [-0.4, -0.2) is 48.4 Å². The van der Waals surface area contributed by atoms with Crippen molar-refractivity contribution < 1.29 is 28.3 Å². The van der Waals surface area contributed by atoms with E-state index in [-0.39, 0.29) is 30.2 Å². The second-order valence-corrected chi connectivity index (χ2v) is 8.22. The molecule has 3 heterocycles. The summed E-state index contributed by atoms with van der Waals surface area (Å²) in [4.78, 5) is 43.5. The van der Waals surface area contributed by atoms with E-state index in [1.54, 1.807) is 19.1 Å². The van der Waals surface area contributed by atoms with Crippen LogP contribution in [0.25, 0.3) is 11.1 Å². The molecule has 1 N–H and O–H groups in total. The first kappa shape index (κ1) is 21.0. The lowest BCUT2D eigenvalue weighted by molar-refractivity contribution is -0.152. The third-order valence-electron chi connectivity index (χ3n) is 5.94. The zero-order chi connectivity index (χ0) is 22.9. The number of hydrogen-bond donors (Lipinski definition) is 1. The second-order valence-electron chi connectivity index (χ2n) is 8.22. The predicted octanol–water partition coefficient (Wildman–Crippen LogP) is 3.19. The van der Waals surface area contributed by atoms with E-state index in [1.807, 2.05) is 29.2 Å². The maximum absolute atomic E-state index is 12.8. The molecule has 0 unspecified atom stereocenters. The molecule has 0 spiro atoms. The van der Waals surface area contributed by atoms with E-state index >= 15 is 0 Å². The van der Waals surface area contributed by atoms with Crippen molar-refractivity contribution in [1.82, 2.24) is 4.98 Å². The Labute approximate surface area is 189 Å². The summed E-state index contributed by atoms with van der Waals surface area (Å²) in [5.74, 6) is -0.799. The Morgan fingerprint density at radius 2 is 1.97 bits per heavy atom. The molecule has 3 aromatic rings. The normalized spacial score (nSPS) is 17.1. The van der Waals surface area contributed by atoms with E-state index in [9.17, 15) is 14.4 Å². The highest BCUT2D eigenvalue weighted by atomic mass is 16.5. The van der Waals surface area contributed by atoms with E-state index in [2.05, 4.69) is 10.3 Å². The SMILES string of the molecule is C[C@H](OC(=O)C1CCN(c2nc3ccccc3o2)CC1)C(=O)c1ccc2c(c1)NC(=O)CO2. The number of carbonyl (C=O) groups excluding carboxylic acids is 3. The van der Waals surface area contributed by atoms with E-state index in [4.69, 9.17) is 13.9 Å². The number of amides is 1. The van der Waals surface area contributed by atoms with Crippen LogP contribution < -0.4 is 15.0 Å². The zero-order valence-corrected chi connectivity index (χ0v) is 18.1. The minimum absolute atomic E-state index is 0.0560. The van der Waals surface area contributed by atoms with Crippen molar-refractivity contribution in [1.29, 1.82) is 0 Å². The van der Waals surface area contributed by atoms with Crippen LogP contribution in [0.2, 0.25) is 0 Å². The molecule has 5 rings (SSSR count). The Bertz CT molecular complexity index is 1190. The smallest absolute Gasteiger partial charge is 0.309 e. The van der Waals surface area contributed by atoms with Crippen molar-refractivity contribution in [3.8, 4) is 5.75 Å². The van der Waals surface area contributed by atoms with Crippen LogP contribution in [0.3, 0.4) is 0 Å². The van der Waals surface area contributed by atoms with Gasteiger partial charge in [0.05, 0.1) is 11.6 Å². The molecular weight excluding hydrogens is 426 g/mol. The lowest BCUT2D eigenvalue weighted by Gasteiger charge is -2.30. The number of aromatic nitrogens is 1. The van der Waals surface area contributed by atoms with Crippen molar-refractivity contribution >= 4 is 40.5 Å². The first-order valence-corrected chi connectivity index (χ1v) is 10.9. The van der Waals surface area contributed by atoms with E-state index < -0.39 is 6.10 Å². The van der Waals surface area contributed by atoms with Gasteiger partial charge >= 0.3 is 5.97 Å². The van der Waals surface area contributed by atoms with Crippen LogP contribution in [0, 0.1) is 5.92 Å². The summed E-state index contributed by atoms with van der Waals surface area (Å²) in [5, 5.41) is 2.67. The maximum atomic E-state index is 12.8. The van der Waals surface area contributed by atoms with Gasteiger partial charge in [-0.3, -0.25) is 14.4 Å². The molecule has 1 aromatic heterocycles. The Hall–Kier alpha value is -3.88. The second kappa shape index (κ2) is 8.57. The molecule has 0 saturated carbocycles. The molecule has 1 saturated heterocycles. The van der Waals surface area contributed by atoms with Gasteiger partial charge in [-0.25, -0.2) is 0 Å². The molecule has 1 fully saturated rings. The van der Waals surface area contributed by atoms with Crippen molar-refractivity contribution in [2.24, 2.45) is 5.92 Å². The molecule has 1 atom stereocenters. The third kappa shape index (κ3) is 4.26. The van der Waals surface area contributed by atoms with Gasteiger partial charge in [0.1, 0.15) is 11.3 Å². The lowest BCUT2D eigenvalue weighted by Crippen LogP contribution is -2.38. The quantitative estimate of drug-likeness (QED) is 0.467. The van der Waals surface area contributed by atoms with Gasteiger partial charge in [-0.2, -0.15) is 4.98 Å². The van der Waals surface area contributed by atoms with Gasteiger partial charge in [-0.15, -0.1) is 0 Å². The summed E-state index contributed by atoms with van der Waals surface area (Å²) in [6.45, 7) is 2.72. The highest BCUT2D eigenvalue weighted by molar-refractivity contribution is 6.03. The van der Waals surface area contributed by atoms with E-state index in [0.717, 1.165) is 11.1 Å². The number of hydrogen-bond acceptors (Lipinski definition) is 8. The predicted molar refractivity (Wildman–Crippen MR) is 119 cm³/mol. The van der Waals surface area contributed by atoms with Crippen molar-refractivity contribution in [3.63, 3.8) is 0 Å². The van der Waals surface area contributed by atoms with Crippen LogP contribution in [-0.2, 0) is 14.3 Å². The molecule has 0 radical (unpaired) electrons. The summed E-state index contributed by atoms with van der Waals surface area (Å²) in [7, 11) is 0. The summed E-state index contributed by atoms with van der Waals surface area (Å²) in [5.41, 5.74) is 2.30. The number of oxazole rings is 1. The van der Waals surface area contributed by atoms with Crippen molar-refractivity contribution in [2.45, 2.75) is 25.9 Å². The standard InChI is InChI=1S/C24H23N3O6/c1-14(22(29)16-6-7-19-18(12-16)25-21(28)13-31-19)32-23(30)15-8-10-27(11-9-15)24-26-17-4-2-3-5-20(17)33-24/h2-7,12,14-15H,8-11,13H2,1H3,(H,25,28)/t14-/m0/s1. The molecular formula is C24H23N3O6. The number of piperidine rings is 1. The van der Waals surface area contributed by atoms with Gasteiger partial charge in [0.2, 0.25) is 5.78 Å². The maximum Gasteiger partial charge on any atom is 0.309 e. The number of benzene rings is 2. The molecule has 0 bridgehead atoms. The van der Waals surface area contributed by atoms with E-state index in [1.165, 1.54) is 6.07 Å². The van der Waals surface area contributed by atoms with Gasteiger partial charge in [0.15, 0.2) is 18.3 Å². The molecule has 33 heavy (non-hydrogen) atoms. The number of nitrogens with one attached hydrogen (secondary N) is 1. The van der Waals surface area contributed by atoms with Gasteiger partial charge < -0.3 is 24.1 Å². The number of ketones is 1. The average molecular weight is 449 g/mol. The van der Waals surface area contributed by atoms with Gasteiger partial charge in [0.25, 0.3) is 11.9 Å². The number of para-hydroxylation sites is 2. The molecule has 9 nitrogen and oxygen atoms in total. The molecule has 2 aliphatic heterocycles. The fourth-order valence-electron chi connectivity index (χ4n) is 4.10. The summed E-state index contributed by atoms with van der Waals surface area (Å²) in [6, 6.07) is 12.9. The topological polar surface area (TPSA) is 111 Å². The zero-order valence-electron chi connectivity index (χ0n) is 18.1. The number of ether oxygens (including phenoxy) is 2. The highest BCUT2D eigenvalue weighted by Crippen LogP contribution is 2.30. The molecule has 2 aliphatic rings. The Balaban J connectivity index is 1.17. The van der Waals surface area contributed by atoms with Crippen molar-refractivity contribution in [3.05, 3.63) is 48.0 Å². The fraction of sp³-hybridized carbons (Fsp3) is 0.333. The first-order valence-electron chi connectivity index (χ1n) is 10.9. The lowest BCUT2D eigenvalue weighted by atomic mass is 9.97. The summed E-state index contributed by atoms with van der Waals surface area (Å²) >= 11 is 0. The van der Waals surface area contributed by atoms with Gasteiger partial charge in [0, 0.05) is 18.7 Å². The Morgan fingerprint density at radius 3 is 2.76 bits per heavy atom. The van der Waals surface area contributed by atoms with Crippen LogP contribution in [0.5, 0.6) is 5.75 Å². The minimum Gasteiger partial charge on any atom is -0.482 e. The Kier molecular flexibility index (Phi) is 5.45. The molecule has 170 valence electrons. The number of rotatable bonds is 5. The molecule has 0 aliphatic carbocycles. The molecule has 9 heteroatoms.